The summed E-state index contributed by atoms with van der Waals surface area (Å²) >= 11 is 1.15. The van der Waals surface area contributed by atoms with Crippen LogP contribution in [0.25, 0.3) is 0 Å². The van der Waals surface area contributed by atoms with Crippen molar-refractivity contribution < 1.29 is 9.59 Å². The van der Waals surface area contributed by atoms with Crippen molar-refractivity contribution >= 4 is 23.1 Å². The van der Waals surface area contributed by atoms with Gasteiger partial charge in [0.1, 0.15) is 5.41 Å². The standard InChI is InChI=1S/C24H32N4O2S/c1-27(2)18-15-26-31-23(30)28-16-13-21(14-17-28)24(22(25)29,19-9-5-3-6-10-19)20-11-7-4-8-12-20/h3-12,21,26H,13-18H2,1-2H3,(H2,25,29). The smallest absolute Gasteiger partial charge is 0.296 e. The number of benzene rings is 2. The maximum atomic E-state index is 13.1. The second-order valence-electron chi connectivity index (χ2n) is 8.23. The number of carbonyl (C=O) groups is 2. The zero-order valence-corrected chi connectivity index (χ0v) is 19.1. The van der Waals surface area contributed by atoms with Gasteiger partial charge in [0.2, 0.25) is 5.91 Å². The molecule has 2 aromatic rings. The minimum Gasteiger partial charge on any atom is -0.369 e. The van der Waals surface area contributed by atoms with E-state index in [9.17, 15) is 9.59 Å². The first-order valence-electron chi connectivity index (χ1n) is 10.7. The van der Waals surface area contributed by atoms with Crippen molar-refractivity contribution in [2.45, 2.75) is 18.3 Å². The number of likely N-dealkylation sites (N-methyl/N-ethyl adjacent to an activating group) is 1. The third-order valence-electron chi connectivity index (χ3n) is 6.03. The van der Waals surface area contributed by atoms with Crippen LogP contribution in [0.15, 0.2) is 60.7 Å². The number of nitrogens with zero attached hydrogens (tertiary/aromatic N) is 2. The van der Waals surface area contributed by atoms with Gasteiger partial charge in [-0.05, 0) is 44.0 Å². The lowest BCUT2D eigenvalue weighted by atomic mass is 9.62. The second kappa shape index (κ2) is 10.8. The Morgan fingerprint density at radius 2 is 1.55 bits per heavy atom. The van der Waals surface area contributed by atoms with Gasteiger partial charge in [0.25, 0.3) is 5.24 Å². The highest BCUT2D eigenvalue weighted by Crippen LogP contribution is 2.44. The predicted octanol–water partition coefficient (Wildman–Crippen LogP) is 3.09. The fraction of sp³-hybridized carbons (Fsp3) is 0.417. The van der Waals surface area contributed by atoms with Crippen LogP contribution < -0.4 is 10.5 Å². The third kappa shape index (κ3) is 5.29. The molecule has 1 aliphatic rings. The van der Waals surface area contributed by atoms with E-state index in [4.69, 9.17) is 5.73 Å². The second-order valence-corrected chi connectivity index (χ2v) is 9.07. The maximum Gasteiger partial charge on any atom is 0.296 e. The van der Waals surface area contributed by atoms with Crippen LogP contribution >= 0.6 is 11.9 Å². The molecule has 0 atom stereocenters. The highest BCUT2D eigenvalue weighted by atomic mass is 32.2. The van der Waals surface area contributed by atoms with Crippen molar-refractivity contribution in [2.24, 2.45) is 11.7 Å². The van der Waals surface area contributed by atoms with Crippen molar-refractivity contribution in [2.75, 3.05) is 40.3 Å². The lowest BCUT2D eigenvalue weighted by Gasteiger charge is -2.43. The summed E-state index contributed by atoms with van der Waals surface area (Å²) in [7, 11) is 4.01. The van der Waals surface area contributed by atoms with Crippen LogP contribution in [-0.2, 0) is 10.2 Å². The summed E-state index contributed by atoms with van der Waals surface area (Å²) in [6.45, 7) is 2.84. The molecular formula is C24H32N4O2S. The normalized spacial score (nSPS) is 15.3. The van der Waals surface area contributed by atoms with E-state index < -0.39 is 5.41 Å². The van der Waals surface area contributed by atoms with E-state index in [-0.39, 0.29) is 17.1 Å². The number of carbonyl (C=O) groups excluding carboxylic acids is 2. The minimum absolute atomic E-state index is 0.0190. The van der Waals surface area contributed by atoms with Crippen molar-refractivity contribution in [3.8, 4) is 0 Å². The number of nitrogens with two attached hydrogens (primary N) is 1. The zero-order chi connectivity index (χ0) is 22.3. The van der Waals surface area contributed by atoms with E-state index >= 15 is 0 Å². The quantitative estimate of drug-likeness (QED) is 0.487. The molecule has 7 heteroatoms. The molecule has 0 aliphatic carbocycles. The first kappa shape index (κ1) is 23.3. The molecule has 6 nitrogen and oxygen atoms in total. The van der Waals surface area contributed by atoms with Crippen molar-refractivity contribution in [3.05, 3.63) is 71.8 Å². The Kier molecular flexibility index (Phi) is 8.12. The lowest BCUT2D eigenvalue weighted by Crippen LogP contribution is -2.52. The molecule has 0 saturated carbocycles. The van der Waals surface area contributed by atoms with Crippen LogP contribution in [0.2, 0.25) is 0 Å². The number of hydrogen-bond donors (Lipinski definition) is 2. The van der Waals surface area contributed by atoms with Crippen LogP contribution in [0.5, 0.6) is 0 Å². The van der Waals surface area contributed by atoms with Crippen LogP contribution in [0.4, 0.5) is 4.79 Å². The van der Waals surface area contributed by atoms with E-state index in [1.54, 1.807) is 0 Å². The molecule has 1 aliphatic heterocycles. The molecule has 0 radical (unpaired) electrons. The molecular weight excluding hydrogens is 408 g/mol. The van der Waals surface area contributed by atoms with Crippen molar-refractivity contribution in [1.82, 2.24) is 14.5 Å². The molecule has 31 heavy (non-hydrogen) atoms. The van der Waals surface area contributed by atoms with Gasteiger partial charge in [-0.2, -0.15) is 0 Å². The summed E-state index contributed by atoms with van der Waals surface area (Å²) < 4.78 is 3.13. The fourth-order valence-electron chi connectivity index (χ4n) is 4.47. The van der Waals surface area contributed by atoms with Crippen LogP contribution in [0.3, 0.4) is 0 Å². The van der Waals surface area contributed by atoms with Crippen LogP contribution in [0.1, 0.15) is 24.0 Å². The van der Waals surface area contributed by atoms with Gasteiger partial charge < -0.3 is 15.5 Å². The largest absolute Gasteiger partial charge is 0.369 e. The molecule has 1 saturated heterocycles. The minimum atomic E-state index is -0.908. The van der Waals surface area contributed by atoms with E-state index in [1.807, 2.05) is 79.7 Å². The van der Waals surface area contributed by atoms with Gasteiger partial charge in [0, 0.05) is 38.1 Å². The number of likely N-dealkylation sites (tertiary alicyclic amines) is 1. The Bertz CT molecular complexity index is 813. The van der Waals surface area contributed by atoms with Gasteiger partial charge in [-0.15, -0.1) is 0 Å². The highest BCUT2D eigenvalue weighted by Gasteiger charge is 2.48. The summed E-state index contributed by atoms with van der Waals surface area (Å²) in [5, 5.41) is 0.0290. The van der Waals surface area contributed by atoms with Crippen molar-refractivity contribution in [3.63, 3.8) is 0 Å². The third-order valence-corrected chi connectivity index (χ3v) is 6.81. The van der Waals surface area contributed by atoms with Crippen LogP contribution in [-0.4, -0.2) is 61.2 Å². The topological polar surface area (TPSA) is 78.7 Å². The Labute approximate surface area is 189 Å². The Morgan fingerprint density at radius 1 is 1.03 bits per heavy atom. The molecule has 0 aromatic heterocycles. The zero-order valence-electron chi connectivity index (χ0n) is 18.3. The summed E-state index contributed by atoms with van der Waals surface area (Å²) in [5.41, 5.74) is 7.05. The number of nitrogens with one attached hydrogen (secondary N) is 1. The average molecular weight is 441 g/mol. The summed E-state index contributed by atoms with van der Waals surface area (Å²) in [6.07, 6.45) is 1.44. The Hall–Kier alpha value is -2.35. The number of primary amides is 1. The van der Waals surface area contributed by atoms with Crippen LogP contribution in [0, 0.1) is 5.92 Å². The molecule has 0 bridgehead atoms. The van der Waals surface area contributed by atoms with Gasteiger partial charge >= 0.3 is 0 Å². The van der Waals surface area contributed by atoms with E-state index in [0.29, 0.717) is 13.1 Å². The lowest BCUT2D eigenvalue weighted by molar-refractivity contribution is -0.124. The number of hydrogen-bond acceptors (Lipinski definition) is 5. The summed E-state index contributed by atoms with van der Waals surface area (Å²) in [6, 6.07) is 19.6. The molecule has 0 unspecified atom stereocenters. The highest BCUT2D eigenvalue weighted by molar-refractivity contribution is 8.11. The summed E-state index contributed by atoms with van der Waals surface area (Å²) in [5.74, 6) is -0.319. The fourth-order valence-corrected chi connectivity index (χ4v) is 5.10. The van der Waals surface area contributed by atoms with Gasteiger partial charge in [-0.25, -0.2) is 0 Å². The molecule has 2 aromatic carbocycles. The first-order valence-corrected chi connectivity index (χ1v) is 11.5. The predicted molar refractivity (Wildman–Crippen MR) is 127 cm³/mol. The molecule has 1 fully saturated rings. The van der Waals surface area contributed by atoms with Crippen molar-refractivity contribution in [1.29, 1.82) is 0 Å². The molecule has 3 rings (SSSR count). The molecule has 0 spiro atoms. The summed E-state index contributed by atoms with van der Waals surface area (Å²) in [4.78, 5) is 29.6. The number of amides is 2. The van der Waals surface area contributed by atoms with E-state index in [0.717, 1.165) is 49.0 Å². The Morgan fingerprint density at radius 3 is 2.00 bits per heavy atom. The number of piperidine rings is 1. The molecule has 166 valence electrons. The van der Waals surface area contributed by atoms with Gasteiger partial charge in [0.15, 0.2) is 0 Å². The van der Waals surface area contributed by atoms with E-state index in [2.05, 4.69) is 9.62 Å². The van der Waals surface area contributed by atoms with E-state index in [1.165, 1.54) is 0 Å². The number of rotatable bonds is 8. The SMILES string of the molecule is CN(C)CCNSC(=O)N1CCC(C(C(N)=O)(c2ccccc2)c2ccccc2)CC1. The maximum absolute atomic E-state index is 13.1. The van der Waals surface area contributed by atoms with Gasteiger partial charge in [0.05, 0.1) is 0 Å². The van der Waals surface area contributed by atoms with Gasteiger partial charge in [-0.1, -0.05) is 60.7 Å². The first-order chi connectivity index (χ1) is 15.0. The van der Waals surface area contributed by atoms with Gasteiger partial charge in [-0.3, -0.25) is 14.3 Å². The monoisotopic (exact) mass is 440 g/mol. The molecule has 2 amide bonds. The Balaban J connectivity index is 1.77. The molecule has 1 heterocycles. The molecule has 3 N–H and O–H groups in total. The average Bonchev–Trinajstić information content (AvgIpc) is 2.79.